The van der Waals surface area contributed by atoms with Gasteiger partial charge in [0.15, 0.2) is 9.84 Å². The predicted octanol–water partition coefficient (Wildman–Crippen LogP) is 0.959. The lowest BCUT2D eigenvalue weighted by molar-refractivity contribution is -0.136. The first kappa shape index (κ1) is 14.4. The fourth-order valence-electron chi connectivity index (χ4n) is 1.83. The van der Waals surface area contributed by atoms with E-state index in [0.29, 0.717) is 12.0 Å². The van der Waals surface area contributed by atoms with Crippen molar-refractivity contribution in [2.45, 2.75) is 23.8 Å². The van der Waals surface area contributed by atoms with Crippen LogP contribution in [0, 0.1) is 0 Å². The van der Waals surface area contributed by atoms with E-state index in [1.807, 2.05) is 0 Å². The SMILES string of the molecule is O=C(O)Cc1ccc(S(=O)(=O)CCC2C=NC=N2)cc1. The average Bonchev–Trinajstić information content (AvgIpc) is 2.89. The van der Waals surface area contributed by atoms with Crippen LogP contribution in [0.15, 0.2) is 39.1 Å². The van der Waals surface area contributed by atoms with Crippen molar-refractivity contribution in [3.63, 3.8) is 0 Å². The molecule has 1 unspecified atom stereocenters. The van der Waals surface area contributed by atoms with E-state index in [4.69, 9.17) is 5.11 Å². The highest BCUT2D eigenvalue weighted by molar-refractivity contribution is 7.91. The Hall–Kier alpha value is -2.02. The van der Waals surface area contributed by atoms with Crippen LogP contribution in [0.1, 0.15) is 12.0 Å². The molecular weight excluding hydrogens is 280 g/mol. The molecule has 7 heteroatoms. The minimum atomic E-state index is -3.38. The molecule has 1 aromatic carbocycles. The number of nitrogens with zero attached hydrogens (tertiary/aromatic N) is 2. The van der Waals surface area contributed by atoms with Crippen molar-refractivity contribution in [1.82, 2.24) is 0 Å². The monoisotopic (exact) mass is 294 g/mol. The lowest BCUT2D eigenvalue weighted by Gasteiger charge is -2.06. The van der Waals surface area contributed by atoms with Crippen molar-refractivity contribution in [3.05, 3.63) is 29.8 Å². The molecule has 0 saturated heterocycles. The van der Waals surface area contributed by atoms with Crippen molar-refractivity contribution in [1.29, 1.82) is 0 Å². The van der Waals surface area contributed by atoms with Gasteiger partial charge in [0, 0.05) is 6.21 Å². The highest BCUT2D eigenvalue weighted by Crippen LogP contribution is 2.15. The summed E-state index contributed by atoms with van der Waals surface area (Å²) in [6, 6.07) is 5.77. The maximum atomic E-state index is 12.1. The molecule has 0 amide bonds. The summed E-state index contributed by atoms with van der Waals surface area (Å²) in [6.07, 6.45) is 3.30. The smallest absolute Gasteiger partial charge is 0.307 e. The first-order valence-electron chi connectivity index (χ1n) is 6.06. The summed E-state index contributed by atoms with van der Waals surface area (Å²) in [6.45, 7) is 0. The molecule has 0 aliphatic carbocycles. The highest BCUT2D eigenvalue weighted by atomic mass is 32.2. The van der Waals surface area contributed by atoms with Crippen LogP contribution in [-0.4, -0.2) is 43.8 Å². The third-order valence-electron chi connectivity index (χ3n) is 2.90. The number of carbonyl (C=O) groups is 1. The van der Waals surface area contributed by atoms with Gasteiger partial charge in [-0.1, -0.05) is 12.1 Å². The first-order valence-corrected chi connectivity index (χ1v) is 7.71. The maximum Gasteiger partial charge on any atom is 0.307 e. The molecule has 20 heavy (non-hydrogen) atoms. The van der Waals surface area contributed by atoms with Gasteiger partial charge in [0.05, 0.1) is 23.1 Å². The number of benzene rings is 1. The molecule has 106 valence electrons. The average molecular weight is 294 g/mol. The summed E-state index contributed by atoms with van der Waals surface area (Å²) in [5.74, 6) is -0.960. The van der Waals surface area contributed by atoms with Gasteiger partial charge in [-0.25, -0.2) is 13.4 Å². The van der Waals surface area contributed by atoms with Gasteiger partial charge in [-0.05, 0) is 24.1 Å². The molecule has 6 nitrogen and oxygen atoms in total. The first-order chi connectivity index (χ1) is 9.47. The highest BCUT2D eigenvalue weighted by Gasteiger charge is 2.17. The van der Waals surface area contributed by atoms with E-state index in [2.05, 4.69) is 9.98 Å². The van der Waals surface area contributed by atoms with Crippen LogP contribution in [0.4, 0.5) is 0 Å². The number of aliphatic carboxylic acids is 1. The second-order valence-electron chi connectivity index (χ2n) is 4.45. The van der Waals surface area contributed by atoms with Crippen molar-refractivity contribution in [2.75, 3.05) is 5.75 Å². The number of sulfone groups is 1. The fourth-order valence-corrected chi connectivity index (χ4v) is 3.17. The molecule has 1 atom stereocenters. The van der Waals surface area contributed by atoms with Gasteiger partial charge in [0.25, 0.3) is 0 Å². The van der Waals surface area contributed by atoms with Gasteiger partial charge in [-0.3, -0.25) is 9.79 Å². The van der Waals surface area contributed by atoms with Crippen LogP contribution in [0.3, 0.4) is 0 Å². The summed E-state index contributed by atoms with van der Waals surface area (Å²) in [5.41, 5.74) is 0.573. The number of hydrogen-bond acceptors (Lipinski definition) is 5. The van der Waals surface area contributed by atoms with Gasteiger partial charge in [-0.15, -0.1) is 0 Å². The van der Waals surface area contributed by atoms with Crippen LogP contribution >= 0.6 is 0 Å². The molecule has 0 bridgehead atoms. The summed E-state index contributed by atoms with van der Waals surface area (Å²) in [7, 11) is -3.38. The molecular formula is C13H14N2O4S. The topological polar surface area (TPSA) is 96.2 Å². The lowest BCUT2D eigenvalue weighted by atomic mass is 10.2. The molecule has 0 radical (unpaired) electrons. The van der Waals surface area contributed by atoms with E-state index < -0.39 is 15.8 Å². The zero-order chi connectivity index (χ0) is 14.6. The Morgan fingerprint density at radius 2 is 1.95 bits per heavy atom. The normalized spacial score (nSPS) is 17.5. The van der Waals surface area contributed by atoms with Gasteiger partial charge >= 0.3 is 5.97 Å². The molecule has 0 saturated carbocycles. The lowest BCUT2D eigenvalue weighted by Crippen LogP contribution is -2.13. The minimum absolute atomic E-state index is 0.0146. The van der Waals surface area contributed by atoms with Crippen LogP contribution in [0.2, 0.25) is 0 Å². The molecule has 1 N–H and O–H groups in total. The molecule has 0 fully saturated rings. The van der Waals surface area contributed by atoms with E-state index in [-0.39, 0.29) is 23.1 Å². The summed E-state index contributed by atoms with van der Waals surface area (Å²) in [4.78, 5) is 18.6. The standard InChI is InChI=1S/C13H14N2O4S/c16-13(17)7-10-1-3-12(4-2-10)20(18,19)6-5-11-8-14-9-15-11/h1-4,8-9,11H,5-7H2,(H,16,17). The quantitative estimate of drug-likeness (QED) is 0.845. The Morgan fingerprint density at radius 3 is 2.50 bits per heavy atom. The Morgan fingerprint density at radius 1 is 1.25 bits per heavy atom. The summed E-state index contributed by atoms with van der Waals surface area (Å²) >= 11 is 0. The Bertz CT molecular complexity index is 635. The third-order valence-corrected chi connectivity index (χ3v) is 4.67. The fraction of sp³-hybridized carbons (Fsp3) is 0.308. The van der Waals surface area contributed by atoms with Gasteiger partial charge in [-0.2, -0.15) is 0 Å². The Labute approximate surface area is 116 Å². The van der Waals surface area contributed by atoms with E-state index in [9.17, 15) is 13.2 Å². The van der Waals surface area contributed by atoms with E-state index >= 15 is 0 Å². The molecule has 2 rings (SSSR count). The van der Waals surface area contributed by atoms with Crippen LogP contribution in [0.5, 0.6) is 0 Å². The Kier molecular flexibility index (Phi) is 4.29. The van der Waals surface area contributed by atoms with Crippen molar-refractivity contribution in [3.8, 4) is 0 Å². The van der Waals surface area contributed by atoms with Crippen molar-refractivity contribution < 1.29 is 18.3 Å². The van der Waals surface area contributed by atoms with Gasteiger partial charge < -0.3 is 5.11 Å². The van der Waals surface area contributed by atoms with Crippen LogP contribution in [0.25, 0.3) is 0 Å². The molecule has 1 aliphatic heterocycles. The van der Waals surface area contributed by atoms with Crippen LogP contribution < -0.4 is 0 Å². The largest absolute Gasteiger partial charge is 0.481 e. The second kappa shape index (κ2) is 5.96. The summed E-state index contributed by atoms with van der Waals surface area (Å²) in [5, 5.41) is 8.66. The third kappa shape index (κ3) is 3.74. The van der Waals surface area contributed by atoms with Crippen molar-refractivity contribution >= 4 is 28.4 Å². The number of rotatable bonds is 6. The molecule has 0 aromatic heterocycles. The number of hydrogen-bond donors (Lipinski definition) is 1. The minimum Gasteiger partial charge on any atom is -0.481 e. The van der Waals surface area contributed by atoms with Gasteiger partial charge in [0.1, 0.15) is 6.34 Å². The number of carboxylic acids is 1. The number of carboxylic acid groups (broad SMARTS) is 1. The molecule has 1 aromatic rings. The van der Waals surface area contributed by atoms with E-state index in [1.165, 1.54) is 30.6 Å². The van der Waals surface area contributed by atoms with E-state index in [0.717, 1.165) is 0 Å². The summed E-state index contributed by atoms with van der Waals surface area (Å²) < 4.78 is 24.2. The second-order valence-corrected chi connectivity index (χ2v) is 6.56. The van der Waals surface area contributed by atoms with Crippen molar-refractivity contribution in [2.24, 2.45) is 9.98 Å². The predicted molar refractivity (Wildman–Crippen MR) is 75.2 cm³/mol. The molecule has 1 aliphatic rings. The van der Waals surface area contributed by atoms with Crippen LogP contribution in [-0.2, 0) is 21.1 Å². The zero-order valence-corrected chi connectivity index (χ0v) is 11.5. The molecule has 1 heterocycles. The molecule has 0 spiro atoms. The van der Waals surface area contributed by atoms with E-state index in [1.54, 1.807) is 6.21 Å². The van der Waals surface area contributed by atoms with Gasteiger partial charge in [0.2, 0.25) is 0 Å². The Balaban J connectivity index is 2.03. The zero-order valence-electron chi connectivity index (χ0n) is 10.6. The number of aliphatic imine (C=N–C) groups is 2. The maximum absolute atomic E-state index is 12.1.